The molecule has 0 radical (unpaired) electrons. The van der Waals surface area contributed by atoms with Crippen molar-refractivity contribution in [2.45, 2.75) is 44.7 Å². The fourth-order valence-corrected chi connectivity index (χ4v) is 2.37. The van der Waals surface area contributed by atoms with Crippen molar-refractivity contribution < 1.29 is 0 Å². The maximum absolute atomic E-state index is 3.72. The molecule has 0 fully saturated rings. The van der Waals surface area contributed by atoms with Crippen molar-refractivity contribution in [1.82, 2.24) is 5.32 Å². The molecule has 0 heterocycles. The molecule has 0 aromatic heterocycles. The van der Waals surface area contributed by atoms with Crippen LogP contribution in [0.1, 0.15) is 31.7 Å². The molecule has 2 rings (SSSR count). The van der Waals surface area contributed by atoms with Gasteiger partial charge in [0, 0.05) is 12.1 Å². The van der Waals surface area contributed by atoms with Crippen LogP contribution >= 0.6 is 0 Å². The Balaban J connectivity index is 1.80. The number of hydrogen-bond acceptors (Lipinski definition) is 1. The molecular weight excluding hydrogens is 194 g/mol. The van der Waals surface area contributed by atoms with Crippen LogP contribution in [0.2, 0.25) is 0 Å². The number of nitrogens with one attached hydrogen (secondary N) is 1. The van der Waals surface area contributed by atoms with E-state index < -0.39 is 0 Å². The summed E-state index contributed by atoms with van der Waals surface area (Å²) in [5.41, 5.74) is 1.42. The standard InChI is InChI=1S/C15H21N/c1-13(12-14-8-4-2-5-9-14)16-15-10-6-3-7-11-15/h2-6,8-9,13,15-16H,7,10-12H2,1H3. The fourth-order valence-electron chi connectivity index (χ4n) is 2.37. The summed E-state index contributed by atoms with van der Waals surface area (Å²) in [4.78, 5) is 0. The minimum Gasteiger partial charge on any atom is -0.311 e. The number of rotatable bonds is 4. The molecule has 0 saturated carbocycles. The van der Waals surface area contributed by atoms with Gasteiger partial charge in [-0.1, -0.05) is 42.5 Å². The van der Waals surface area contributed by atoms with Crippen molar-refractivity contribution in [2.24, 2.45) is 0 Å². The first-order valence-corrected chi connectivity index (χ1v) is 6.29. The van der Waals surface area contributed by atoms with Gasteiger partial charge in [0.15, 0.2) is 0 Å². The molecule has 0 aliphatic heterocycles. The van der Waals surface area contributed by atoms with E-state index in [1.807, 2.05) is 0 Å². The SMILES string of the molecule is CC(Cc1ccccc1)NC1CC=CCC1. The predicted octanol–water partition coefficient (Wildman–Crippen LogP) is 3.32. The molecule has 1 heteroatoms. The van der Waals surface area contributed by atoms with Crippen molar-refractivity contribution >= 4 is 0 Å². The lowest BCUT2D eigenvalue weighted by Gasteiger charge is -2.24. The smallest absolute Gasteiger partial charge is 0.0107 e. The second kappa shape index (κ2) is 5.86. The quantitative estimate of drug-likeness (QED) is 0.760. The number of benzene rings is 1. The van der Waals surface area contributed by atoms with Crippen molar-refractivity contribution in [2.75, 3.05) is 0 Å². The molecule has 0 saturated heterocycles. The summed E-state index contributed by atoms with van der Waals surface area (Å²) in [5.74, 6) is 0. The Kier molecular flexibility index (Phi) is 4.17. The summed E-state index contributed by atoms with van der Waals surface area (Å²) < 4.78 is 0. The maximum atomic E-state index is 3.72. The lowest BCUT2D eigenvalue weighted by Crippen LogP contribution is -2.38. The molecule has 2 atom stereocenters. The molecule has 1 aromatic rings. The molecule has 2 unspecified atom stereocenters. The third kappa shape index (κ3) is 3.49. The van der Waals surface area contributed by atoms with Gasteiger partial charge in [0.2, 0.25) is 0 Å². The molecule has 0 amide bonds. The van der Waals surface area contributed by atoms with E-state index >= 15 is 0 Å². The van der Waals surface area contributed by atoms with Crippen LogP contribution in [-0.4, -0.2) is 12.1 Å². The van der Waals surface area contributed by atoms with Gasteiger partial charge in [-0.3, -0.25) is 0 Å². The molecule has 1 nitrogen and oxygen atoms in total. The molecule has 0 bridgehead atoms. The Morgan fingerprint density at radius 2 is 2.06 bits per heavy atom. The first kappa shape index (κ1) is 11.4. The molecule has 0 spiro atoms. The molecule has 1 aromatic carbocycles. The van der Waals surface area contributed by atoms with Crippen LogP contribution < -0.4 is 5.32 Å². The van der Waals surface area contributed by atoms with E-state index in [0.717, 1.165) is 6.42 Å². The second-order valence-electron chi connectivity index (χ2n) is 4.74. The van der Waals surface area contributed by atoms with E-state index in [1.54, 1.807) is 0 Å². The van der Waals surface area contributed by atoms with Gasteiger partial charge in [-0.25, -0.2) is 0 Å². The lowest BCUT2D eigenvalue weighted by molar-refractivity contribution is 0.416. The lowest BCUT2D eigenvalue weighted by atomic mass is 9.99. The third-order valence-electron chi connectivity index (χ3n) is 3.17. The number of hydrogen-bond donors (Lipinski definition) is 1. The molecular formula is C15H21N. The summed E-state index contributed by atoms with van der Waals surface area (Å²) >= 11 is 0. The summed E-state index contributed by atoms with van der Waals surface area (Å²) in [7, 11) is 0. The van der Waals surface area contributed by atoms with E-state index in [-0.39, 0.29) is 0 Å². The van der Waals surface area contributed by atoms with Gasteiger partial charge in [-0.2, -0.15) is 0 Å². The first-order chi connectivity index (χ1) is 7.84. The van der Waals surface area contributed by atoms with Crippen LogP contribution in [-0.2, 0) is 6.42 Å². The highest BCUT2D eigenvalue weighted by molar-refractivity contribution is 5.15. The maximum Gasteiger partial charge on any atom is 0.0107 e. The molecule has 1 aliphatic rings. The Morgan fingerprint density at radius 1 is 1.25 bits per heavy atom. The average molecular weight is 215 g/mol. The molecule has 1 N–H and O–H groups in total. The van der Waals surface area contributed by atoms with Crippen molar-refractivity contribution in [3.05, 3.63) is 48.0 Å². The van der Waals surface area contributed by atoms with Gasteiger partial charge in [-0.05, 0) is 38.2 Å². The van der Waals surface area contributed by atoms with Gasteiger partial charge in [0.05, 0.1) is 0 Å². The summed E-state index contributed by atoms with van der Waals surface area (Å²) in [6.07, 6.45) is 9.43. The van der Waals surface area contributed by atoms with Gasteiger partial charge in [-0.15, -0.1) is 0 Å². The zero-order valence-corrected chi connectivity index (χ0v) is 10.0. The highest BCUT2D eigenvalue weighted by Crippen LogP contribution is 2.12. The van der Waals surface area contributed by atoms with E-state index in [4.69, 9.17) is 0 Å². The Labute approximate surface area is 98.6 Å². The topological polar surface area (TPSA) is 12.0 Å². The molecule has 1 aliphatic carbocycles. The van der Waals surface area contributed by atoms with Crippen LogP contribution in [0.5, 0.6) is 0 Å². The van der Waals surface area contributed by atoms with Gasteiger partial charge < -0.3 is 5.32 Å². The Hall–Kier alpha value is -1.08. The van der Waals surface area contributed by atoms with Crippen molar-refractivity contribution in [1.29, 1.82) is 0 Å². The minimum absolute atomic E-state index is 0.568. The minimum atomic E-state index is 0.568. The molecule has 16 heavy (non-hydrogen) atoms. The van der Waals surface area contributed by atoms with Crippen LogP contribution in [0.25, 0.3) is 0 Å². The van der Waals surface area contributed by atoms with E-state index in [1.165, 1.54) is 24.8 Å². The Morgan fingerprint density at radius 3 is 2.75 bits per heavy atom. The summed E-state index contributed by atoms with van der Waals surface area (Å²) in [6.45, 7) is 2.28. The predicted molar refractivity (Wildman–Crippen MR) is 69.5 cm³/mol. The van der Waals surface area contributed by atoms with Crippen molar-refractivity contribution in [3.63, 3.8) is 0 Å². The normalized spacial score (nSPS) is 21.9. The monoisotopic (exact) mass is 215 g/mol. The first-order valence-electron chi connectivity index (χ1n) is 6.29. The largest absolute Gasteiger partial charge is 0.311 e. The zero-order chi connectivity index (χ0) is 11.2. The van der Waals surface area contributed by atoms with Crippen LogP contribution in [0.15, 0.2) is 42.5 Å². The third-order valence-corrected chi connectivity index (χ3v) is 3.17. The zero-order valence-electron chi connectivity index (χ0n) is 10.0. The van der Waals surface area contributed by atoms with Crippen molar-refractivity contribution in [3.8, 4) is 0 Å². The molecule has 86 valence electrons. The van der Waals surface area contributed by atoms with E-state index in [9.17, 15) is 0 Å². The highest BCUT2D eigenvalue weighted by Gasteiger charge is 2.12. The summed E-state index contributed by atoms with van der Waals surface area (Å²) in [5, 5.41) is 3.72. The van der Waals surface area contributed by atoms with E-state index in [0.29, 0.717) is 12.1 Å². The van der Waals surface area contributed by atoms with Gasteiger partial charge in [0.1, 0.15) is 0 Å². The fraction of sp³-hybridized carbons (Fsp3) is 0.467. The Bertz CT molecular complexity index is 329. The van der Waals surface area contributed by atoms with Gasteiger partial charge in [0.25, 0.3) is 0 Å². The van der Waals surface area contributed by atoms with Crippen LogP contribution in [0.3, 0.4) is 0 Å². The van der Waals surface area contributed by atoms with E-state index in [2.05, 4.69) is 54.7 Å². The van der Waals surface area contributed by atoms with Crippen LogP contribution in [0.4, 0.5) is 0 Å². The average Bonchev–Trinajstić information content (AvgIpc) is 2.31. The number of allylic oxidation sites excluding steroid dienone is 1. The van der Waals surface area contributed by atoms with Crippen LogP contribution in [0, 0.1) is 0 Å². The second-order valence-corrected chi connectivity index (χ2v) is 4.74. The summed E-state index contributed by atoms with van der Waals surface area (Å²) in [6, 6.07) is 12.0. The van der Waals surface area contributed by atoms with Gasteiger partial charge >= 0.3 is 0 Å². The highest BCUT2D eigenvalue weighted by atomic mass is 14.9.